The van der Waals surface area contributed by atoms with Crippen LogP contribution >= 0.6 is 0 Å². The van der Waals surface area contributed by atoms with Crippen molar-refractivity contribution in [3.05, 3.63) is 58.8 Å². The summed E-state index contributed by atoms with van der Waals surface area (Å²) in [7, 11) is 1.89. The Morgan fingerprint density at radius 1 is 1.26 bits per heavy atom. The maximum Gasteiger partial charge on any atom is 0.272 e. The summed E-state index contributed by atoms with van der Waals surface area (Å²) < 4.78 is 15.0. The fraction of sp³-hybridized carbons (Fsp3) is 0.350. The zero-order chi connectivity index (χ0) is 19.1. The highest BCUT2D eigenvalue weighted by Gasteiger charge is 2.31. The van der Waals surface area contributed by atoms with Gasteiger partial charge in [0.15, 0.2) is 0 Å². The summed E-state index contributed by atoms with van der Waals surface area (Å²) in [5.41, 5.74) is 4.97. The number of carbonyl (C=O) groups is 1. The largest absolute Gasteiger partial charge is 0.330 e. The zero-order valence-corrected chi connectivity index (χ0v) is 15.7. The highest BCUT2D eigenvalue weighted by molar-refractivity contribution is 5.94. The van der Waals surface area contributed by atoms with Crippen molar-refractivity contribution in [1.29, 1.82) is 0 Å². The number of hydrogen-bond donors (Lipinski definition) is 1. The van der Waals surface area contributed by atoms with Gasteiger partial charge in [-0.05, 0) is 50.5 Å². The predicted octanol–water partition coefficient (Wildman–Crippen LogP) is 3.54. The smallest absolute Gasteiger partial charge is 0.272 e. The molecule has 1 aromatic carbocycles. The van der Waals surface area contributed by atoms with E-state index in [4.69, 9.17) is 0 Å². The molecule has 6 nitrogen and oxygen atoms in total. The molecule has 2 aromatic heterocycles. The minimum Gasteiger partial charge on any atom is -0.330 e. The van der Waals surface area contributed by atoms with E-state index in [9.17, 15) is 9.18 Å². The van der Waals surface area contributed by atoms with Crippen LogP contribution < -0.4 is 0 Å². The number of likely N-dealkylation sites (tertiary alicyclic amines) is 1. The first kappa shape index (κ1) is 17.5. The van der Waals surface area contributed by atoms with Crippen molar-refractivity contribution < 1.29 is 9.18 Å². The molecule has 0 bridgehead atoms. The SMILES string of the molecule is Cc1nn(C)c(C)c1-c1cc(C(=O)N2CCCC2c2ccc(F)cc2)[nH]n1. The van der Waals surface area contributed by atoms with E-state index in [-0.39, 0.29) is 17.8 Å². The van der Waals surface area contributed by atoms with E-state index in [1.807, 2.05) is 30.5 Å². The Bertz CT molecular complexity index is 988. The number of hydrogen-bond acceptors (Lipinski definition) is 3. The summed E-state index contributed by atoms with van der Waals surface area (Å²) in [5.74, 6) is -0.352. The third-order valence-electron chi connectivity index (χ3n) is 5.34. The number of aryl methyl sites for hydroxylation is 2. The second-order valence-electron chi connectivity index (χ2n) is 7.04. The van der Waals surface area contributed by atoms with Gasteiger partial charge >= 0.3 is 0 Å². The van der Waals surface area contributed by atoms with E-state index in [2.05, 4.69) is 15.3 Å². The second-order valence-corrected chi connectivity index (χ2v) is 7.04. The van der Waals surface area contributed by atoms with E-state index in [0.29, 0.717) is 12.2 Å². The first-order chi connectivity index (χ1) is 13.0. The van der Waals surface area contributed by atoms with E-state index in [1.54, 1.807) is 18.2 Å². The van der Waals surface area contributed by atoms with Crippen molar-refractivity contribution in [3.8, 4) is 11.3 Å². The molecular weight excluding hydrogens is 345 g/mol. The first-order valence-electron chi connectivity index (χ1n) is 9.08. The number of nitrogens with zero attached hydrogens (tertiary/aromatic N) is 4. The molecule has 1 amide bonds. The molecule has 0 saturated carbocycles. The molecule has 1 unspecified atom stereocenters. The third-order valence-corrected chi connectivity index (χ3v) is 5.34. The maximum atomic E-state index is 13.2. The Morgan fingerprint density at radius 2 is 2.00 bits per heavy atom. The molecule has 0 aliphatic carbocycles. The quantitative estimate of drug-likeness (QED) is 0.770. The molecule has 4 rings (SSSR count). The summed E-state index contributed by atoms with van der Waals surface area (Å²) in [6, 6.07) is 8.15. The number of benzene rings is 1. The minimum atomic E-state index is -0.268. The van der Waals surface area contributed by atoms with Crippen LogP contribution in [0.15, 0.2) is 30.3 Å². The molecule has 0 radical (unpaired) electrons. The number of carbonyl (C=O) groups excluding carboxylic acids is 1. The van der Waals surface area contributed by atoms with Gasteiger partial charge in [-0.2, -0.15) is 10.2 Å². The molecule has 3 aromatic rings. The van der Waals surface area contributed by atoms with Crippen LogP contribution in [0.2, 0.25) is 0 Å². The monoisotopic (exact) mass is 367 g/mol. The molecule has 140 valence electrons. The number of aromatic amines is 1. The van der Waals surface area contributed by atoms with Crippen LogP contribution in [0.3, 0.4) is 0 Å². The van der Waals surface area contributed by atoms with Crippen LogP contribution in [-0.2, 0) is 7.05 Å². The Hall–Kier alpha value is -2.96. The van der Waals surface area contributed by atoms with Crippen molar-refractivity contribution in [2.45, 2.75) is 32.7 Å². The summed E-state index contributed by atoms with van der Waals surface area (Å²) >= 11 is 0. The average Bonchev–Trinajstić information content (AvgIpc) is 3.36. The topological polar surface area (TPSA) is 66.8 Å². The van der Waals surface area contributed by atoms with Gasteiger partial charge in [0.1, 0.15) is 11.5 Å². The van der Waals surface area contributed by atoms with Crippen LogP contribution in [0.5, 0.6) is 0 Å². The summed E-state index contributed by atoms with van der Waals surface area (Å²) in [6.07, 6.45) is 1.80. The van der Waals surface area contributed by atoms with Crippen LogP contribution in [0, 0.1) is 19.7 Å². The van der Waals surface area contributed by atoms with E-state index < -0.39 is 0 Å². The molecule has 1 fully saturated rings. The van der Waals surface area contributed by atoms with Crippen molar-refractivity contribution in [1.82, 2.24) is 24.9 Å². The Labute approximate surface area is 157 Å². The van der Waals surface area contributed by atoms with Gasteiger partial charge in [0.25, 0.3) is 5.91 Å². The van der Waals surface area contributed by atoms with Crippen LogP contribution in [0.1, 0.15) is 46.3 Å². The normalized spacial score (nSPS) is 16.9. The van der Waals surface area contributed by atoms with Gasteiger partial charge in [0, 0.05) is 24.8 Å². The lowest BCUT2D eigenvalue weighted by Crippen LogP contribution is -2.30. The summed E-state index contributed by atoms with van der Waals surface area (Å²) in [5, 5.41) is 11.6. The Morgan fingerprint density at radius 3 is 2.67 bits per heavy atom. The lowest BCUT2D eigenvalue weighted by atomic mass is 10.0. The zero-order valence-electron chi connectivity index (χ0n) is 15.7. The van der Waals surface area contributed by atoms with Crippen molar-refractivity contribution in [2.24, 2.45) is 7.05 Å². The van der Waals surface area contributed by atoms with Crippen LogP contribution in [0.25, 0.3) is 11.3 Å². The van der Waals surface area contributed by atoms with E-state index in [0.717, 1.165) is 41.1 Å². The molecule has 3 heterocycles. The van der Waals surface area contributed by atoms with Gasteiger partial charge in [-0.25, -0.2) is 4.39 Å². The minimum absolute atomic E-state index is 0.0354. The van der Waals surface area contributed by atoms with Gasteiger partial charge in [0.2, 0.25) is 0 Å². The van der Waals surface area contributed by atoms with E-state index >= 15 is 0 Å². The van der Waals surface area contributed by atoms with Crippen LogP contribution in [-0.4, -0.2) is 37.3 Å². The third kappa shape index (κ3) is 3.03. The fourth-order valence-electron chi connectivity index (χ4n) is 3.90. The molecule has 1 atom stereocenters. The molecule has 1 aliphatic heterocycles. The molecule has 7 heteroatoms. The fourth-order valence-corrected chi connectivity index (χ4v) is 3.90. The van der Waals surface area contributed by atoms with Gasteiger partial charge < -0.3 is 4.90 Å². The summed E-state index contributed by atoms with van der Waals surface area (Å²) in [6.45, 7) is 4.60. The van der Waals surface area contributed by atoms with Gasteiger partial charge in [-0.15, -0.1) is 0 Å². The molecule has 1 aliphatic rings. The first-order valence-corrected chi connectivity index (χ1v) is 9.08. The number of aromatic nitrogens is 4. The maximum absolute atomic E-state index is 13.2. The second kappa shape index (κ2) is 6.64. The Kier molecular flexibility index (Phi) is 4.30. The lowest BCUT2D eigenvalue weighted by molar-refractivity contribution is 0.0729. The number of H-pyrrole nitrogens is 1. The van der Waals surface area contributed by atoms with E-state index in [1.165, 1.54) is 12.1 Å². The lowest BCUT2D eigenvalue weighted by Gasteiger charge is -2.24. The highest BCUT2D eigenvalue weighted by Crippen LogP contribution is 2.33. The highest BCUT2D eigenvalue weighted by atomic mass is 19.1. The predicted molar refractivity (Wildman–Crippen MR) is 99.7 cm³/mol. The number of amides is 1. The molecule has 1 N–H and O–H groups in total. The van der Waals surface area contributed by atoms with Crippen LogP contribution in [0.4, 0.5) is 4.39 Å². The van der Waals surface area contributed by atoms with Crippen molar-refractivity contribution >= 4 is 5.91 Å². The standard InChI is InChI=1S/C20H22FN5O/c1-12-19(13(2)25(3)24-12)16-11-17(23-22-16)20(27)26-10-4-5-18(26)14-6-8-15(21)9-7-14/h6-9,11,18H,4-5,10H2,1-3H3,(H,22,23). The molecule has 27 heavy (non-hydrogen) atoms. The van der Waals surface area contributed by atoms with Gasteiger partial charge in [0.05, 0.1) is 17.4 Å². The van der Waals surface area contributed by atoms with Gasteiger partial charge in [-0.3, -0.25) is 14.6 Å². The Balaban J connectivity index is 1.61. The number of halogens is 1. The summed E-state index contributed by atoms with van der Waals surface area (Å²) in [4.78, 5) is 14.9. The van der Waals surface area contributed by atoms with Crippen molar-refractivity contribution in [3.63, 3.8) is 0 Å². The van der Waals surface area contributed by atoms with Crippen molar-refractivity contribution in [2.75, 3.05) is 6.54 Å². The average molecular weight is 367 g/mol. The number of nitrogens with one attached hydrogen (secondary N) is 1. The number of rotatable bonds is 3. The molecule has 1 saturated heterocycles. The molecule has 0 spiro atoms. The molecular formula is C20H22FN5O. The van der Waals surface area contributed by atoms with Gasteiger partial charge in [-0.1, -0.05) is 12.1 Å².